The Balaban J connectivity index is 2.46. The number of amides is 1. The fourth-order valence-corrected chi connectivity index (χ4v) is 2.32. The van der Waals surface area contributed by atoms with Crippen molar-refractivity contribution in [3.63, 3.8) is 0 Å². The third kappa shape index (κ3) is 2.87. The Labute approximate surface area is 114 Å². The first kappa shape index (κ1) is 14.6. The summed E-state index contributed by atoms with van der Waals surface area (Å²) in [4.78, 5) is 12.5. The van der Waals surface area contributed by atoms with Gasteiger partial charge in [-0.25, -0.2) is 0 Å². The van der Waals surface area contributed by atoms with Gasteiger partial charge >= 0.3 is 6.18 Å². The summed E-state index contributed by atoms with van der Waals surface area (Å²) < 4.78 is 42.9. The maximum absolute atomic E-state index is 12.6. The SMILES string of the molecule is COc1cc2c(cc1CN)N(CC(F)(F)F)C(=O)CC2. The molecule has 0 radical (unpaired) electrons. The number of anilines is 1. The predicted octanol–water partition coefficient (Wildman–Crippen LogP) is 2.00. The van der Waals surface area contributed by atoms with E-state index in [1.807, 2.05) is 0 Å². The smallest absolute Gasteiger partial charge is 0.406 e. The number of ether oxygens (including phenoxy) is 1. The normalized spacial score (nSPS) is 15.2. The molecule has 1 heterocycles. The molecule has 0 aliphatic carbocycles. The topological polar surface area (TPSA) is 55.6 Å². The largest absolute Gasteiger partial charge is 0.496 e. The van der Waals surface area contributed by atoms with Crippen molar-refractivity contribution in [2.45, 2.75) is 25.6 Å². The molecule has 0 saturated carbocycles. The average molecular weight is 288 g/mol. The highest BCUT2D eigenvalue weighted by molar-refractivity contribution is 5.96. The van der Waals surface area contributed by atoms with E-state index in [9.17, 15) is 18.0 Å². The number of aryl methyl sites for hydroxylation is 1. The lowest BCUT2D eigenvalue weighted by atomic mass is 9.98. The van der Waals surface area contributed by atoms with Crippen molar-refractivity contribution in [1.29, 1.82) is 0 Å². The second-order valence-corrected chi connectivity index (χ2v) is 4.59. The van der Waals surface area contributed by atoms with Gasteiger partial charge in [-0.3, -0.25) is 4.79 Å². The van der Waals surface area contributed by atoms with Crippen molar-refractivity contribution in [1.82, 2.24) is 0 Å². The zero-order valence-electron chi connectivity index (χ0n) is 11.0. The third-order valence-corrected chi connectivity index (χ3v) is 3.24. The van der Waals surface area contributed by atoms with Crippen LogP contribution in [0.2, 0.25) is 0 Å². The van der Waals surface area contributed by atoms with Crippen LogP contribution in [0.1, 0.15) is 17.5 Å². The summed E-state index contributed by atoms with van der Waals surface area (Å²) >= 11 is 0. The lowest BCUT2D eigenvalue weighted by Gasteiger charge is -2.31. The molecule has 1 aromatic carbocycles. The van der Waals surface area contributed by atoms with E-state index in [2.05, 4.69) is 0 Å². The average Bonchev–Trinajstić information content (AvgIpc) is 2.39. The van der Waals surface area contributed by atoms with Gasteiger partial charge in [0.25, 0.3) is 0 Å². The lowest BCUT2D eigenvalue weighted by molar-refractivity contribution is -0.132. The Hall–Kier alpha value is -1.76. The second kappa shape index (κ2) is 5.32. The van der Waals surface area contributed by atoms with Gasteiger partial charge in [-0.1, -0.05) is 0 Å². The van der Waals surface area contributed by atoms with Gasteiger partial charge in [0.2, 0.25) is 5.91 Å². The standard InChI is InChI=1S/C13H15F3N2O2/c1-20-11-5-8-2-3-12(19)18(7-13(14,15)16)10(8)4-9(11)6-17/h4-5H,2-3,6-7,17H2,1H3. The number of alkyl halides is 3. The summed E-state index contributed by atoms with van der Waals surface area (Å²) in [6.07, 6.45) is -3.97. The first-order chi connectivity index (χ1) is 9.35. The van der Waals surface area contributed by atoms with Crippen LogP contribution in [0.25, 0.3) is 0 Å². The predicted molar refractivity (Wildman–Crippen MR) is 67.6 cm³/mol. The summed E-state index contributed by atoms with van der Waals surface area (Å²) in [5.74, 6) is 0.00974. The van der Waals surface area contributed by atoms with E-state index in [0.717, 1.165) is 4.90 Å². The Morgan fingerprint density at radius 3 is 2.60 bits per heavy atom. The first-order valence-electron chi connectivity index (χ1n) is 6.12. The summed E-state index contributed by atoms with van der Waals surface area (Å²) in [5, 5.41) is 0. The van der Waals surface area contributed by atoms with Crippen LogP contribution in [-0.4, -0.2) is 25.7 Å². The maximum Gasteiger partial charge on any atom is 0.406 e. The van der Waals surface area contributed by atoms with E-state index in [1.54, 1.807) is 6.07 Å². The molecule has 0 unspecified atom stereocenters. The van der Waals surface area contributed by atoms with E-state index in [4.69, 9.17) is 10.5 Å². The minimum atomic E-state index is -4.44. The molecule has 0 bridgehead atoms. The van der Waals surface area contributed by atoms with Gasteiger partial charge in [-0.15, -0.1) is 0 Å². The minimum Gasteiger partial charge on any atom is -0.496 e. The number of nitrogens with zero attached hydrogens (tertiary/aromatic N) is 1. The molecule has 4 nitrogen and oxygen atoms in total. The van der Waals surface area contributed by atoms with Crippen molar-refractivity contribution >= 4 is 11.6 Å². The number of nitrogens with two attached hydrogens (primary N) is 1. The molecule has 0 aromatic heterocycles. The van der Waals surface area contributed by atoms with E-state index in [-0.39, 0.29) is 18.7 Å². The van der Waals surface area contributed by atoms with Crippen molar-refractivity contribution in [3.8, 4) is 5.75 Å². The van der Waals surface area contributed by atoms with Crippen LogP contribution in [0.4, 0.5) is 18.9 Å². The van der Waals surface area contributed by atoms with Gasteiger partial charge in [0.05, 0.1) is 7.11 Å². The summed E-state index contributed by atoms with van der Waals surface area (Å²) in [5.41, 5.74) is 7.08. The summed E-state index contributed by atoms with van der Waals surface area (Å²) in [6.45, 7) is -1.15. The Morgan fingerprint density at radius 2 is 2.05 bits per heavy atom. The fourth-order valence-electron chi connectivity index (χ4n) is 2.32. The number of hydrogen-bond donors (Lipinski definition) is 1. The first-order valence-corrected chi connectivity index (χ1v) is 6.12. The molecule has 0 fully saturated rings. The van der Waals surface area contributed by atoms with Gasteiger partial charge in [0.15, 0.2) is 0 Å². The van der Waals surface area contributed by atoms with E-state index < -0.39 is 18.6 Å². The molecule has 1 aliphatic heterocycles. The fraction of sp³-hybridized carbons (Fsp3) is 0.462. The molecule has 0 spiro atoms. The van der Waals surface area contributed by atoms with Gasteiger partial charge in [0.1, 0.15) is 12.3 Å². The molecule has 0 saturated heterocycles. The van der Waals surface area contributed by atoms with Crippen LogP contribution in [0.3, 0.4) is 0 Å². The lowest BCUT2D eigenvalue weighted by Crippen LogP contribution is -2.41. The highest BCUT2D eigenvalue weighted by Crippen LogP contribution is 2.35. The maximum atomic E-state index is 12.6. The monoisotopic (exact) mass is 288 g/mol. The van der Waals surface area contributed by atoms with Crippen LogP contribution in [0.15, 0.2) is 12.1 Å². The number of benzene rings is 1. The number of methoxy groups -OCH3 is 1. The van der Waals surface area contributed by atoms with Gasteiger partial charge in [-0.05, 0) is 24.1 Å². The highest BCUT2D eigenvalue weighted by Gasteiger charge is 2.36. The Morgan fingerprint density at radius 1 is 1.35 bits per heavy atom. The molecule has 2 rings (SSSR count). The van der Waals surface area contributed by atoms with Gasteiger partial charge in [-0.2, -0.15) is 13.2 Å². The molecule has 1 aromatic rings. The number of fused-ring (bicyclic) bond motifs is 1. The molecule has 110 valence electrons. The van der Waals surface area contributed by atoms with Gasteiger partial charge < -0.3 is 15.4 Å². The number of carbonyl (C=O) groups is 1. The zero-order chi connectivity index (χ0) is 14.9. The molecule has 2 N–H and O–H groups in total. The number of hydrogen-bond acceptors (Lipinski definition) is 3. The zero-order valence-corrected chi connectivity index (χ0v) is 11.0. The van der Waals surface area contributed by atoms with E-state index in [1.165, 1.54) is 13.2 Å². The van der Waals surface area contributed by atoms with Gasteiger partial charge in [0, 0.05) is 24.2 Å². The Bertz CT molecular complexity index is 529. The van der Waals surface area contributed by atoms with Crippen LogP contribution in [-0.2, 0) is 17.8 Å². The van der Waals surface area contributed by atoms with E-state index >= 15 is 0 Å². The van der Waals surface area contributed by atoms with E-state index in [0.29, 0.717) is 23.3 Å². The molecule has 1 amide bonds. The quantitative estimate of drug-likeness (QED) is 0.925. The summed E-state index contributed by atoms with van der Waals surface area (Å²) in [7, 11) is 1.47. The second-order valence-electron chi connectivity index (χ2n) is 4.59. The van der Waals surface area contributed by atoms with Crippen LogP contribution >= 0.6 is 0 Å². The van der Waals surface area contributed by atoms with Crippen LogP contribution < -0.4 is 15.4 Å². The van der Waals surface area contributed by atoms with Crippen LogP contribution in [0, 0.1) is 0 Å². The van der Waals surface area contributed by atoms with Crippen molar-refractivity contribution in [2.75, 3.05) is 18.6 Å². The summed E-state index contributed by atoms with van der Waals surface area (Å²) in [6, 6.07) is 3.17. The Kier molecular flexibility index (Phi) is 3.89. The van der Waals surface area contributed by atoms with Crippen molar-refractivity contribution < 1.29 is 22.7 Å². The molecular formula is C13H15F3N2O2. The molecule has 0 atom stereocenters. The van der Waals surface area contributed by atoms with Crippen molar-refractivity contribution in [3.05, 3.63) is 23.3 Å². The van der Waals surface area contributed by atoms with Crippen molar-refractivity contribution in [2.24, 2.45) is 5.73 Å². The number of carbonyl (C=O) groups excluding carboxylic acids is 1. The highest BCUT2D eigenvalue weighted by atomic mass is 19.4. The van der Waals surface area contributed by atoms with Crippen LogP contribution in [0.5, 0.6) is 5.75 Å². The molecule has 1 aliphatic rings. The molecule has 7 heteroatoms. The number of halogens is 3. The number of rotatable bonds is 3. The third-order valence-electron chi connectivity index (χ3n) is 3.24. The minimum absolute atomic E-state index is 0.0637. The molecule has 20 heavy (non-hydrogen) atoms. The molecular weight excluding hydrogens is 273 g/mol.